The lowest BCUT2D eigenvalue weighted by atomic mass is 10.2. The van der Waals surface area contributed by atoms with Gasteiger partial charge in [-0.25, -0.2) is 13.3 Å². The van der Waals surface area contributed by atoms with Gasteiger partial charge in [0.2, 0.25) is 0 Å². The minimum Gasteiger partial charge on any atom is -0.358 e. The van der Waals surface area contributed by atoms with E-state index in [0.717, 1.165) is 25.5 Å². The summed E-state index contributed by atoms with van der Waals surface area (Å²) < 4.78 is 36.3. The second kappa shape index (κ2) is 5.07. The van der Waals surface area contributed by atoms with Gasteiger partial charge in [0, 0.05) is 6.61 Å². The Morgan fingerprint density at radius 1 is 1.69 bits per heavy atom. The van der Waals surface area contributed by atoms with E-state index in [4.69, 9.17) is 4.74 Å². The summed E-state index contributed by atoms with van der Waals surface area (Å²) in [5, 5.41) is 3.79. The lowest BCUT2D eigenvalue weighted by Gasteiger charge is -2.23. The molecule has 0 radical (unpaired) electrons. The van der Waals surface area contributed by atoms with Gasteiger partial charge in [-0.1, -0.05) is 0 Å². The van der Waals surface area contributed by atoms with Crippen LogP contribution in [0.25, 0.3) is 0 Å². The van der Waals surface area contributed by atoms with E-state index in [1.54, 1.807) is 0 Å². The first-order valence-electron chi connectivity index (χ1n) is 5.05. The zero-order valence-corrected chi connectivity index (χ0v) is 9.71. The maximum Gasteiger partial charge on any atom is 0.280 e. The third-order valence-electron chi connectivity index (χ3n) is 2.45. The summed E-state index contributed by atoms with van der Waals surface area (Å²) in [5.74, 6) is -0.630. The predicted molar refractivity (Wildman–Crippen MR) is 57.1 cm³/mol. The second-order valence-corrected chi connectivity index (χ2v) is 4.65. The van der Waals surface area contributed by atoms with Crippen LogP contribution in [-0.4, -0.2) is 28.6 Å². The Hall–Kier alpha value is -0.725. The molecule has 8 heteroatoms. The Kier molecular flexibility index (Phi) is 3.72. The van der Waals surface area contributed by atoms with Gasteiger partial charge in [-0.05, 0) is 19.3 Å². The van der Waals surface area contributed by atoms with Crippen molar-refractivity contribution in [3.8, 4) is 0 Å². The Bertz CT molecular complexity index is 395. The first-order valence-corrected chi connectivity index (χ1v) is 6.12. The van der Waals surface area contributed by atoms with Gasteiger partial charge in [0.15, 0.2) is 28.2 Å². The summed E-state index contributed by atoms with van der Waals surface area (Å²) in [7, 11) is 1.26. The highest BCUT2D eigenvalue weighted by molar-refractivity contribution is 7.80. The van der Waals surface area contributed by atoms with E-state index in [-0.39, 0.29) is 11.3 Å². The fourth-order valence-corrected chi connectivity index (χ4v) is 2.37. The molecule has 5 nitrogen and oxygen atoms in total. The molecule has 1 aliphatic rings. The Morgan fingerprint density at radius 3 is 3.12 bits per heavy atom. The second-order valence-electron chi connectivity index (χ2n) is 3.46. The van der Waals surface area contributed by atoms with Gasteiger partial charge < -0.3 is 8.84 Å². The molecule has 2 unspecified atom stereocenters. The largest absolute Gasteiger partial charge is 0.358 e. The lowest BCUT2D eigenvalue weighted by Crippen LogP contribution is -2.21. The van der Waals surface area contributed by atoms with E-state index in [9.17, 15) is 8.60 Å². The minimum absolute atomic E-state index is 0.0607. The van der Waals surface area contributed by atoms with Crippen LogP contribution in [0, 0.1) is 5.82 Å². The molecular formula is C8H12BFN2O3S. The number of hydrogen-bond acceptors (Lipinski definition) is 4. The average Bonchev–Trinajstić information content (AvgIpc) is 2.71. The molecule has 0 bridgehead atoms. The Balaban J connectivity index is 2.29. The summed E-state index contributed by atoms with van der Waals surface area (Å²) >= 11 is -1.84. The number of halogens is 1. The Morgan fingerprint density at radius 2 is 2.50 bits per heavy atom. The predicted octanol–water partition coefficient (Wildman–Crippen LogP) is 0.309. The van der Waals surface area contributed by atoms with E-state index in [1.807, 2.05) is 0 Å². The van der Waals surface area contributed by atoms with Crippen molar-refractivity contribution in [2.24, 2.45) is 0 Å². The molecule has 0 saturated carbocycles. The molecule has 1 fully saturated rings. The van der Waals surface area contributed by atoms with Crippen LogP contribution in [0.15, 0.2) is 11.2 Å². The maximum absolute atomic E-state index is 13.4. The highest BCUT2D eigenvalue weighted by atomic mass is 32.2. The SMILES string of the molecule is BOS(=O)c1c(F)cnn1C1CCCCO1. The van der Waals surface area contributed by atoms with Crippen LogP contribution in [0.1, 0.15) is 25.5 Å². The van der Waals surface area contributed by atoms with Crippen LogP contribution in [0.3, 0.4) is 0 Å². The molecule has 0 aliphatic carbocycles. The summed E-state index contributed by atoms with van der Waals surface area (Å²) in [5.41, 5.74) is 0. The van der Waals surface area contributed by atoms with Gasteiger partial charge in [0.1, 0.15) is 0 Å². The molecule has 0 N–H and O–H groups in total. The summed E-state index contributed by atoms with van der Waals surface area (Å²) in [6, 6.07) is 0. The van der Waals surface area contributed by atoms with E-state index < -0.39 is 16.9 Å². The van der Waals surface area contributed by atoms with E-state index in [2.05, 4.69) is 9.20 Å². The smallest absolute Gasteiger partial charge is 0.280 e. The molecule has 1 aliphatic heterocycles. The highest BCUT2D eigenvalue weighted by Crippen LogP contribution is 2.25. The molecule has 1 aromatic rings. The zero-order chi connectivity index (χ0) is 11.5. The van der Waals surface area contributed by atoms with E-state index in [1.165, 1.54) is 12.7 Å². The molecule has 1 aromatic heterocycles. The number of nitrogens with zero attached hydrogens (tertiary/aromatic N) is 2. The maximum atomic E-state index is 13.4. The summed E-state index contributed by atoms with van der Waals surface area (Å²) in [4.78, 5) is 0. The van der Waals surface area contributed by atoms with Crippen molar-refractivity contribution in [3.05, 3.63) is 12.0 Å². The topological polar surface area (TPSA) is 53.3 Å². The molecule has 2 rings (SSSR count). The fourth-order valence-electron chi connectivity index (χ4n) is 1.69. The van der Waals surface area contributed by atoms with Gasteiger partial charge >= 0.3 is 0 Å². The Labute approximate surface area is 96.0 Å². The van der Waals surface area contributed by atoms with Gasteiger partial charge in [0.25, 0.3) is 8.05 Å². The molecular weight excluding hydrogens is 234 g/mol. The molecule has 0 spiro atoms. The molecule has 16 heavy (non-hydrogen) atoms. The van der Waals surface area contributed by atoms with Crippen molar-refractivity contribution in [2.45, 2.75) is 30.5 Å². The highest BCUT2D eigenvalue weighted by Gasteiger charge is 2.25. The third kappa shape index (κ3) is 2.18. The quantitative estimate of drug-likeness (QED) is 0.720. The number of hydrogen-bond donors (Lipinski definition) is 0. The van der Waals surface area contributed by atoms with Gasteiger partial charge in [-0.15, -0.1) is 0 Å². The van der Waals surface area contributed by atoms with Crippen LogP contribution < -0.4 is 0 Å². The summed E-state index contributed by atoms with van der Waals surface area (Å²) in [6.07, 6.45) is 3.42. The number of aromatic nitrogens is 2. The molecule has 88 valence electrons. The number of rotatable bonds is 3. The van der Waals surface area contributed by atoms with Crippen LogP contribution in [0.4, 0.5) is 4.39 Å². The zero-order valence-electron chi connectivity index (χ0n) is 8.89. The molecule has 1 saturated heterocycles. The van der Waals surface area contributed by atoms with Crippen molar-refractivity contribution in [1.82, 2.24) is 9.78 Å². The van der Waals surface area contributed by atoms with Crippen molar-refractivity contribution >= 4 is 19.1 Å². The molecule has 2 atom stereocenters. The standard InChI is InChI=1S/C8H12BFN2O3S/c9-15-16(13)8-6(10)5-11-12(8)7-3-1-2-4-14-7/h5,7H,1-4,9H2. The van der Waals surface area contributed by atoms with Crippen LogP contribution in [-0.2, 0) is 19.9 Å². The van der Waals surface area contributed by atoms with Gasteiger partial charge in [0.05, 0.1) is 6.20 Å². The average molecular weight is 246 g/mol. The minimum atomic E-state index is -1.84. The van der Waals surface area contributed by atoms with Crippen molar-refractivity contribution in [2.75, 3.05) is 6.61 Å². The monoisotopic (exact) mass is 246 g/mol. The van der Waals surface area contributed by atoms with Crippen LogP contribution >= 0.6 is 0 Å². The normalized spacial score (nSPS) is 23.2. The molecule has 0 aromatic carbocycles. The van der Waals surface area contributed by atoms with Crippen LogP contribution in [0.2, 0.25) is 0 Å². The summed E-state index contributed by atoms with van der Waals surface area (Å²) in [6.45, 7) is 0.616. The fraction of sp³-hybridized carbons (Fsp3) is 0.625. The third-order valence-corrected chi connectivity index (χ3v) is 3.45. The molecule has 0 amide bonds. The lowest BCUT2D eigenvalue weighted by molar-refractivity contribution is -0.0453. The van der Waals surface area contributed by atoms with Crippen molar-refractivity contribution in [1.29, 1.82) is 0 Å². The van der Waals surface area contributed by atoms with Crippen molar-refractivity contribution in [3.63, 3.8) is 0 Å². The van der Waals surface area contributed by atoms with Crippen LogP contribution in [0.5, 0.6) is 0 Å². The van der Waals surface area contributed by atoms with Crippen molar-refractivity contribution < 1.29 is 17.4 Å². The van der Waals surface area contributed by atoms with E-state index in [0.29, 0.717) is 6.61 Å². The van der Waals surface area contributed by atoms with Gasteiger partial charge in [-0.3, -0.25) is 0 Å². The first kappa shape index (κ1) is 11.8. The number of ether oxygens (including phenoxy) is 1. The van der Waals surface area contributed by atoms with Gasteiger partial charge in [-0.2, -0.15) is 5.10 Å². The molecule has 2 heterocycles. The first-order chi connectivity index (χ1) is 7.74. The van der Waals surface area contributed by atoms with E-state index >= 15 is 0 Å².